The smallest absolute Gasteiger partial charge is 0.123 e. The van der Waals surface area contributed by atoms with Gasteiger partial charge in [0.15, 0.2) is 0 Å². The van der Waals surface area contributed by atoms with Crippen LogP contribution < -0.4 is 10.1 Å². The van der Waals surface area contributed by atoms with Crippen LogP contribution in [0.4, 0.5) is 0 Å². The summed E-state index contributed by atoms with van der Waals surface area (Å²) in [5.74, 6) is 1.56. The lowest BCUT2D eigenvalue weighted by Crippen LogP contribution is -2.24. The Hall–Kier alpha value is -1.80. The molecule has 2 aromatic rings. The molecule has 2 atom stereocenters. The molecule has 0 aromatic heterocycles. The van der Waals surface area contributed by atoms with Crippen molar-refractivity contribution in [3.63, 3.8) is 0 Å². The third kappa shape index (κ3) is 3.27. The topological polar surface area (TPSA) is 21.3 Å². The molecule has 1 heterocycles. The van der Waals surface area contributed by atoms with E-state index in [9.17, 15) is 0 Å². The number of nitrogens with one attached hydrogen (secondary N) is 1. The van der Waals surface area contributed by atoms with Crippen LogP contribution in [0, 0.1) is 6.92 Å². The fourth-order valence-electron chi connectivity index (χ4n) is 3.21. The molecular formula is C19H23NO. The first-order chi connectivity index (χ1) is 10.3. The summed E-state index contributed by atoms with van der Waals surface area (Å²) >= 11 is 0. The van der Waals surface area contributed by atoms with Crippen molar-refractivity contribution in [2.24, 2.45) is 0 Å². The zero-order valence-electron chi connectivity index (χ0n) is 12.8. The van der Waals surface area contributed by atoms with Crippen LogP contribution in [0.3, 0.4) is 0 Å². The molecule has 3 rings (SSSR count). The Morgan fingerprint density at radius 2 is 2.05 bits per heavy atom. The number of fused-ring (bicyclic) bond motifs is 1. The highest BCUT2D eigenvalue weighted by atomic mass is 16.5. The Morgan fingerprint density at radius 3 is 2.81 bits per heavy atom. The maximum Gasteiger partial charge on any atom is 0.123 e. The number of rotatable bonds is 5. The van der Waals surface area contributed by atoms with Crippen LogP contribution in [-0.4, -0.2) is 19.7 Å². The van der Waals surface area contributed by atoms with Gasteiger partial charge < -0.3 is 10.1 Å². The molecule has 0 spiro atoms. The Kier molecular flexibility index (Phi) is 4.26. The highest BCUT2D eigenvalue weighted by Gasteiger charge is 2.26. The van der Waals surface area contributed by atoms with E-state index in [4.69, 9.17) is 4.74 Å². The summed E-state index contributed by atoms with van der Waals surface area (Å²) in [4.78, 5) is 0. The van der Waals surface area contributed by atoms with Gasteiger partial charge in [-0.2, -0.15) is 0 Å². The molecular weight excluding hydrogens is 258 g/mol. The predicted octanol–water partition coefficient (Wildman–Crippen LogP) is 3.69. The summed E-state index contributed by atoms with van der Waals surface area (Å²) in [5.41, 5.74) is 4.07. The predicted molar refractivity (Wildman–Crippen MR) is 87.0 cm³/mol. The molecule has 0 radical (unpaired) electrons. The second-order valence-electron chi connectivity index (χ2n) is 5.96. The van der Waals surface area contributed by atoms with E-state index < -0.39 is 0 Å². The van der Waals surface area contributed by atoms with E-state index >= 15 is 0 Å². The normalized spacial score (nSPS) is 18.1. The van der Waals surface area contributed by atoms with E-state index in [1.54, 1.807) is 0 Å². The Labute approximate surface area is 127 Å². The second kappa shape index (κ2) is 6.31. The molecule has 0 aliphatic carbocycles. The lowest BCUT2D eigenvalue weighted by molar-refractivity contribution is 0.209. The molecule has 2 heteroatoms. The molecule has 0 bridgehead atoms. The van der Waals surface area contributed by atoms with Crippen LogP contribution in [0.5, 0.6) is 5.75 Å². The van der Waals surface area contributed by atoms with Crippen LogP contribution in [-0.2, 0) is 6.42 Å². The number of para-hydroxylation sites is 1. The zero-order chi connectivity index (χ0) is 14.7. The highest BCUT2D eigenvalue weighted by molar-refractivity contribution is 5.37. The van der Waals surface area contributed by atoms with Crippen LogP contribution >= 0.6 is 0 Å². The standard InChI is InChI=1S/C19H23NO/c1-14-6-5-8-15(10-14)17(13-20-2)12-18-11-16-7-3-4-9-19(16)21-18/h3-10,17-18,20H,11-13H2,1-2H3. The molecule has 21 heavy (non-hydrogen) atoms. The molecule has 2 nitrogen and oxygen atoms in total. The van der Waals surface area contributed by atoms with Gasteiger partial charge in [0.2, 0.25) is 0 Å². The number of hydrogen-bond acceptors (Lipinski definition) is 2. The summed E-state index contributed by atoms with van der Waals surface area (Å²) in [7, 11) is 2.02. The highest BCUT2D eigenvalue weighted by Crippen LogP contribution is 2.33. The summed E-state index contributed by atoms with van der Waals surface area (Å²) in [6.45, 7) is 3.14. The van der Waals surface area contributed by atoms with Gasteiger partial charge >= 0.3 is 0 Å². The van der Waals surface area contributed by atoms with Gasteiger partial charge in [0.05, 0.1) is 0 Å². The van der Waals surface area contributed by atoms with Gasteiger partial charge in [-0.3, -0.25) is 0 Å². The van der Waals surface area contributed by atoms with Crippen LogP contribution in [0.15, 0.2) is 48.5 Å². The zero-order valence-corrected chi connectivity index (χ0v) is 12.8. The number of hydrogen-bond donors (Lipinski definition) is 1. The fourth-order valence-corrected chi connectivity index (χ4v) is 3.21. The minimum Gasteiger partial charge on any atom is -0.490 e. The van der Waals surface area contributed by atoms with Crippen molar-refractivity contribution in [1.29, 1.82) is 0 Å². The van der Waals surface area contributed by atoms with Crippen molar-refractivity contribution >= 4 is 0 Å². The molecule has 0 saturated carbocycles. The number of benzene rings is 2. The summed E-state index contributed by atoms with van der Waals surface area (Å²) in [6, 6.07) is 17.2. The third-order valence-electron chi connectivity index (χ3n) is 4.23. The van der Waals surface area contributed by atoms with E-state index in [1.807, 2.05) is 13.1 Å². The van der Waals surface area contributed by atoms with E-state index in [2.05, 4.69) is 54.7 Å². The van der Waals surface area contributed by atoms with Crippen molar-refractivity contribution in [3.05, 3.63) is 65.2 Å². The van der Waals surface area contributed by atoms with Crippen molar-refractivity contribution in [2.75, 3.05) is 13.6 Å². The average molecular weight is 281 g/mol. The SMILES string of the molecule is CNCC(CC1Cc2ccccc2O1)c1cccc(C)c1. The molecule has 2 unspecified atom stereocenters. The van der Waals surface area contributed by atoms with E-state index in [1.165, 1.54) is 16.7 Å². The van der Waals surface area contributed by atoms with Gasteiger partial charge in [0.25, 0.3) is 0 Å². The van der Waals surface area contributed by atoms with Crippen molar-refractivity contribution < 1.29 is 4.74 Å². The van der Waals surface area contributed by atoms with Crippen LogP contribution in [0.25, 0.3) is 0 Å². The Morgan fingerprint density at radius 1 is 1.19 bits per heavy atom. The van der Waals surface area contributed by atoms with E-state index in [0.29, 0.717) is 12.0 Å². The minimum atomic E-state index is 0.293. The van der Waals surface area contributed by atoms with Gasteiger partial charge in [0, 0.05) is 13.0 Å². The van der Waals surface area contributed by atoms with Crippen molar-refractivity contribution in [3.8, 4) is 5.75 Å². The summed E-state index contributed by atoms with van der Waals surface area (Å²) in [5, 5.41) is 3.33. The van der Waals surface area contributed by atoms with E-state index in [-0.39, 0.29) is 0 Å². The van der Waals surface area contributed by atoms with Crippen molar-refractivity contribution in [1.82, 2.24) is 5.32 Å². The molecule has 1 N–H and O–H groups in total. The molecule has 110 valence electrons. The van der Waals surface area contributed by atoms with E-state index in [0.717, 1.165) is 25.1 Å². The first-order valence-electron chi connectivity index (χ1n) is 7.72. The maximum absolute atomic E-state index is 6.11. The van der Waals surface area contributed by atoms with Gasteiger partial charge in [-0.1, -0.05) is 48.0 Å². The Balaban J connectivity index is 1.72. The fraction of sp³-hybridized carbons (Fsp3) is 0.368. The number of likely N-dealkylation sites (N-methyl/N-ethyl adjacent to an activating group) is 1. The van der Waals surface area contributed by atoms with Gasteiger partial charge in [0.1, 0.15) is 11.9 Å². The Bertz CT molecular complexity index is 583. The largest absolute Gasteiger partial charge is 0.490 e. The molecule has 0 amide bonds. The van der Waals surface area contributed by atoms with Gasteiger partial charge in [-0.15, -0.1) is 0 Å². The summed E-state index contributed by atoms with van der Waals surface area (Å²) in [6.07, 6.45) is 2.38. The third-order valence-corrected chi connectivity index (χ3v) is 4.23. The van der Waals surface area contributed by atoms with Gasteiger partial charge in [-0.05, 0) is 43.5 Å². The molecule has 2 aromatic carbocycles. The van der Waals surface area contributed by atoms with Crippen LogP contribution in [0.1, 0.15) is 29.0 Å². The van der Waals surface area contributed by atoms with Crippen LogP contribution in [0.2, 0.25) is 0 Å². The number of aryl methyl sites for hydroxylation is 1. The second-order valence-corrected chi connectivity index (χ2v) is 5.96. The number of ether oxygens (including phenoxy) is 1. The lowest BCUT2D eigenvalue weighted by Gasteiger charge is -2.21. The monoisotopic (exact) mass is 281 g/mol. The summed E-state index contributed by atoms with van der Waals surface area (Å²) < 4.78 is 6.11. The molecule has 0 fully saturated rings. The lowest BCUT2D eigenvalue weighted by atomic mass is 9.90. The first kappa shape index (κ1) is 14.2. The first-order valence-corrected chi connectivity index (χ1v) is 7.72. The molecule has 1 aliphatic heterocycles. The minimum absolute atomic E-state index is 0.293. The van der Waals surface area contributed by atoms with Gasteiger partial charge in [-0.25, -0.2) is 0 Å². The molecule has 0 saturated heterocycles. The molecule has 1 aliphatic rings. The maximum atomic E-state index is 6.11. The van der Waals surface area contributed by atoms with Crippen molar-refractivity contribution in [2.45, 2.75) is 31.8 Å². The quantitative estimate of drug-likeness (QED) is 0.902. The average Bonchev–Trinajstić information content (AvgIpc) is 2.89.